The molecule has 2 aromatic carbocycles. The SMILES string of the molecule is O=C1N[C@@H](C(=O)NCCCSc2ccccc2)CS[C@H]1Cc1ccccc1F. The molecular formula is C21H23FN2O2S2. The van der Waals surface area contributed by atoms with Gasteiger partial charge in [-0.25, -0.2) is 4.39 Å². The Kier molecular flexibility index (Phi) is 7.80. The second-order valence-electron chi connectivity index (χ2n) is 6.48. The van der Waals surface area contributed by atoms with E-state index < -0.39 is 6.04 Å². The zero-order valence-corrected chi connectivity index (χ0v) is 17.0. The normalized spacial score (nSPS) is 19.1. The molecule has 3 rings (SSSR count). The van der Waals surface area contributed by atoms with Gasteiger partial charge in [-0.15, -0.1) is 23.5 Å². The smallest absolute Gasteiger partial charge is 0.243 e. The minimum atomic E-state index is -0.531. The van der Waals surface area contributed by atoms with Crippen molar-refractivity contribution in [3.8, 4) is 0 Å². The monoisotopic (exact) mass is 418 g/mol. The second-order valence-corrected chi connectivity index (χ2v) is 8.89. The molecule has 2 atom stereocenters. The summed E-state index contributed by atoms with van der Waals surface area (Å²) in [5.41, 5.74) is 0.522. The van der Waals surface area contributed by atoms with E-state index in [-0.39, 0.29) is 22.9 Å². The molecule has 2 N–H and O–H groups in total. The van der Waals surface area contributed by atoms with Crippen LogP contribution in [0.25, 0.3) is 0 Å². The summed E-state index contributed by atoms with van der Waals surface area (Å²) in [6, 6.07) is 16.1. The predicted molar refractivity (Wildman–Crippen MR) is 113 cm³/mol. The summed E-state index contributed by atoms with van der Waals surface area (Å²) >= 11 is 3.16. The standard InChI is InChI=1S/C21H23FN2O2S2/c22-17-10-5-4-7-15(17)13-19-21(26)24-18(14-28-19)20(25)23-11-6-12-27-16-8-2-1-3-9-16/h1-5,7-10,18-19H,6,11-14H2,(H,23,25)(H,24,26)/t18-,19+/m1/s1. The topological polar surface area (TPSA) is 58.2 Å². The summed E-state index contributed by atoms with van der Waals surface area (Å²) < 4.78 is 13.8. The lowest BCUT2D eigenvalue weighted by molar-refractivity contribution is -0.128. The van der Waals surface area contributed by atoms with Crippen molar-refractivity contribution in [3.63, 3.8) is 0 Å². The van der Waals surface area contributed by atoms with Crippen molar-refractivity contribution < 1.29 is 14.0 Å². The number of carbonyl (C=O) groups excluding carboxylic acids is 2. The van der Waals surface area contributed by atoms with Gasteiger partial charge >= 0.3 is 0 Å². The van der Waals surface area contributed by atoms with Crippen LogP contribution in [0, 0.1) is 5.82 Å². The Labute approximate surface area is 173 Å². The molecule has 0 bridgehead atoms. The van der Waals surface area contributed by atoms with E-state index in [4.69, 9.17) is 0 Å². The van der Waals surface area contributed by atoms with Crippen LogP contribution in [0.2, 0.25) is 0 Å². The van der Waals surface area contributed by atoms with Gasteiger partial charge in [-0.3, -0.25) is 9.59 Å². The van der Waals surface area contributed by atoms with E-state index in [1.165, 1.54) is 22.7 Å². The fraction of sp³-hybridized carbons (Fsp3) is 0.333. The van der Waals surface area contributed by atoms with Gasteiger partial charge in [0.2, 0.25) is 11.8 Å². The van der Waals surface area contributed by atoms with Crippen LogP contribution in [0.15, 0.2) is 59.5 Å². The molecule has 1 fully saturated rings. The molecule has 2 amide bonds. The zero-order chi connectivity index (χ0) is 19.8. The maximum atomic E-state index is 13.8. The highest BCUT2D eigenvalue weighted by molar-refractivity contribution is 8.00. The van der Waals surface area contributed by atoms with E-state index in [2.05, 4.69) is 22.8 Å². The zero-order valence-electron chi connectivity index (χ0n) is 15.4. The third kappa shape index (κ3) is 6.01. The van der Waals surface area contributed by atoms with E-state index >= 15 is 0 Å². The maximum Gasteiger partial charge on any atom is 0.243 e. The van der Waals surface area contributed by atoms with E-state index in [0.29, 0.717) is 24.3 Å². The number of nitrogens with one attached hydrogen (secondary N) is 2. The maximum absolute atomic E-state index is 13.8. The number of hydrogen-bond acceptors (Lipinski definition) is 4. The van der Waals surface area contributed by atoms with Crippen molar-refractivity contribution in [2.75, 3.05) is 18.1 Å². The molecule has 0 unspecified atom stereocenters. The van der Waals surface area contributed by atoms with Crippen molar-refractivity contribution in [2.24, 2.45) is 0 Å². The number of amides is 2. The Bertz CT molecular complexity index is 804. The van der Waals surface area contributed by atoms with Crippen LogP contribution in [0.3, 0.4) is 0 Å². The Morgan fingerprint density at radius 2 is 1.93 bits per heavy atom. The number of halogens is 1. The van der Waals surface area contributed by atoms with Crippen LogP contribution in [0.5, 0.6) is 0 Å². The van der Waals surface area contributed by atoms with Crippen molar-refractivity contribution in [2.45, 2.75) is 29.0 Å². The first-order chi connectivity index (χ1) is 13.6. The number of rotatable bonds is 8. The fourth-order valence-electron chi connectivity index (χ4n) is 2.86. The van der Waals surface area contributed by atoms with E-state index in [1.54, 1.807) is 30.0 Å². The van der Waals surface area contributed by atoms with Gasteiger partial charge in [0.05, 0.1) is 5.25 Å². The molecule has 0 aliphatic carbocycles. The predicted octanol–water partition coefficient (Wildman–Crippen LogP) is 3.27. The van der Waals surface area contributed by atoms with Gasteiger partial charge in [-0.1, -0.05) is 36.4 Å². The van der Waals surface area contributed by atoms with Crippen LogP contribution < -0.4 is 10.6 Å². The molecule has 1 heterocycles. The lowest BCUT2D eigenvalue weighted by atomic mass is 10.1. The van der Waals surface area contributed by atoms with E-state index in [9.17, 15) is 14.0 Å². The molecule has 2 aromatic rings. The summed E-state index contributed by atoms with van der Waals surface area (Å²) in [4.78, 5) is 25.8. The molecule has 1 saturated heterocycles. The minimum Gasteiger partial charge on any atom is -0.354 e. The lowest BCUT2D eigenvalue weighted by Gasteiger charge is -2.28. The number of hydrogen-bond donors (Lipinski definition) is 2. The van der Waals surface area contributed by atoms with Crippen LogP contribution in [0.1, 0.15) is 12.0 Å². The average Bonchev–Trinajstić information content (AvgIpc) is 2.71. The molecule has 1 aliphatic heterocycles. The van der Waals surface area contributed by atoms with Crippen LogP contribution >= 0.6 is 23.5 Å². The van der Waals surface area contributed by atoms with Gasteiger partial charge < -0.3 is 10.6 Å². The fourth-order valence-corrected chi connectivity index (χ4v) is 4.91. The first-order valence-corrected chi connectivity index (χ1v) is 11.3. The van der Waals surface area contributed by atoms with Crippen molar-refractivity contribution >= 4 is 35.3 Å². The number of benzene rings is 2. The summed E-state index contributed by atoms with van der Waals surface area (Å²) in [5.74, 6) is 0.745. The average molecular weight is 419 g/mol. The highest BCUT2D eigenvalue weighted by Crippen LogP contribution is 2.23. The van der Waals surface area contributed by atoms with E-state index in [1.807, 2.05) is 18.2 Å². The highest BCUT2D eigenvalue weighted by Gasteiger charge is 2.32. The second kappa shape index (κ2) is 10.5. The Balaban J connectivity index is 1.37. The van der Waals surface area contributed by atoms with E-state index in [0.717, 1.165) is 12.2 Å². The summed E-state index contributed by atoms with van der Waals surface area (Å²) in [6.45, 7) is 0.578. The third-order valence-corrected chi connectivity index (χ3v) is 6.79. The summed E-state index contributed by atoms with van der Waals surface area (Å²) in [6.07, 6.45) is 1.18. The molecule has 0 saturated carbocycles. The third-order valence-electron chi connectivity index (χ3n) is 4.38. The quantitative estimate of drug-likeness (QED) is 0.510. The Morgan fingerprint density at radius 3 is 2.68 bits per heavy atom. The van der Waals surface area contributed by atoms with Gasteiger partial charge in [0, 0.05) is 17.2 Å². The number of thioether (sulfide) groups is 2. The molecular weight excluding hydrogens is 395 g/mol. The van der Waals surface area contributed by atoms with Gasteiger partial charge in [0.1, 0.15) is 11.9 Å². The molecule has 4 nitrogen and oxygen atoms in total. The minimum absolute atomic E-state index is 0.157. The van der Waals surface area contributed by atoms with Crippen molar-refractivity contribution in [1.29, 1.82) is 0 Å². The molecule has 7 heteroatoms. The molecule has 0 radical (unpaired) electrons. The summed E-state index contributed by atoms with van der Waals surface area (Å²) in [7, 11) is 0. The molecule has 28 heavy (non-hydrogen) atoms. The summed E-state index contributed by atoms with van der Waals surface area (Å²) in [5, 5.41) is 5.29. The molecule has 1 aliphatic rings. The number of carbonyl (C=O) groups is 2. The van der Waals surface area contributed by atoms with Crippen LogP contribution in [0.4, 0.5) is 4.39 Å². The van der Waals surface area contributed by atoms with Gasteiger partial charge in [-0.2, -0.15) is 0 Å². The van der Waals surface area contributed by atoms with Crippen LogP contribution in [-0.4, -0.2) is 41.2 Å². The van der Waals surface area contributed by atoms with Crippen LogP contribution in [-0.2, 0) is 16.0 Å². The Morgan fingerprint density at radius 1 is 1.18 bits per heavy atom. The first-order valence-electron chi connectivity index (χ1n) is 9.24. The van der Waals surface area contributed by atoms with Gasteiger partial charge in [-0.05, 0) is 42.4 Å². The molecule has 0 aromatic heterocycles. The van der Waals surface area contributed by atoms with Gasteiger partial charge in [0.15, 0.2) is 0 Å². The van der Waals surface area contributed by atoms with Gasteiger partial charge in [0.25, 0.3) is 0 Å². The van der Waals surface area contributed by atoms with Crippen molar-refractivity contribution in [1.82, 2.24) is 10.6 Å². The lowest BCUT2D eigenvalue weighted by Crippen LogP contribution is -2.54. The Hall–Kier alpha value is -1.99. The molecule has 0 spiro atoms. The largest absolute Gasteiger partial charge is 0.354 e. The van der Waals surface area contributed by atoms with Crippen molar-refractivity contribution in [3.05, 3.63) is 66.0 Å². The molecule has 148 valence electrons. The highest BCUT2D eigenvalue weighted by atomic mass is 32.2. The first kappa shape index (κ1) is 20.7.